The summed E-state index contributed by atoms with van der Waals surface area (Å²) < 4.78 is 25.7. The Morgan fingerprint density at radius 3 is 2.50 bits per heavy atom. The van der Waals surface area contributed by atoms with Gasteiger partial charge >= 0.3 is 0 Å². The molecule has 6 nitrogen and oxygen atoms in total. The molecule has 0 aliphatic carbocycles. The lowest BCUT2D eigenvalue weighted by Crippen LogP contribution is -2.38. The summed E-state index contributed by atoms with van der Waals surface area (Å²) in [5.74, 6) is 0.0753. The van der Waals surface area contributed by atoms with Crippen molar-refractivity contribution >= 4 is 33.0 Å². The molecule has 0 radical (unpaired) electrons. The predicted octanol–water partition coefficient (Wildman–Crippen LogP) is 4.90. The Kier molecular flexibility index (Phi) is 6.74. The summed E-state index contributed by atoms with van der Waals surface area (Å²) >= 11 is 1.47. The number of anilines is 1. The second-order valence-corrected chi connectivity index (χ2v) is 11.2. The summed E-state index contributed by atoms with van der Waals surface area (Å²) in [4.78, 5) is 17.5. The first-order valence-corrected chi connectivity index (χ1v) is 13.3. The number of carbonyl (C=O) groups excluding carboxylic acids is 1. The van der Waals surface area contributed by atoms with Gasteiger partial charge in [-0.2, -0.15) is 0 Å². The number of aryl methyl sites for hydroxylation is 1. The number of amides is 1. The molecule has 0 saturated carbocycles. The summed E-state index contributed by atoms with van der Waals surface area (Å²) in [7, 11) is -3.15. The fourth-order valence-electron chi connectivity index (χ4n) is 3.91. The van der Waals surface area contributed by atoms with E-state index in [1.807, 2.05) is 43.3 Å². The van der Waals surface area contributed by atoms with E-state index < -0.39 is 10.0 Å². The Morgan fingerprint density at radius 1 is 1.12 bits per heavy atom. The van der Waals surface area contributed by atoms with Gasteiger partial charge in [0.15, 0.2) is 0 Å². The highest BCUT2D eigenvalue weighted by molar-refractivity contribution is 7.89. The third kappa shape index (κ3) is 4.92. The summed E-state index contributed by atoms with van der Waals surface area (Å²) in [6.45, 7) is 4.73. The van der Waals surface area contributed by atoms with E-state index in [9.17, 15) is 13.2 Å². The Bertz CT molecular complexity index is 1200. The van der Waals surface area contributed by atoms with Crippen molar-refractivity contribution in [1.82, 2.24) is 9.29 Å². The molecule has 3 aromatic rings. The summed E-state index contributed by atoms with van der Waals surface area (Å²) in [6, 6.07) is 15.9. The summed E-state index contributed by atoms with van der Waals surface area (Å²) in [5, 5.41) is 5.69. The minimum absolute atomic E-state index is 0.128. The number of piperidine rings is 1. The number of hydrogen-bond donors (Lipinski definition) is 1. The van der Waals surface area contributed by atoms with Gasteiger partial charge in [0.1, 0.15) is 5.69 Å². The average Bonchev–Trinajstić information content (AvgIpc) is 3.31. The van der Waals surface area contributed by atoms with Gasteiger partial charge in [-0.15, -0.1) is 11.3 Å². The van der Waals surface area contributed by atoms with Gasteiger partial charge in [-0.1, -0.05) is 48.0 Å². The van der Waals surface area contributed by atoms with Gasteiger partial charge in [-0.3, -0.25) is 4.79 Å². The van der Waals surface area contributed by atoms with E-state index in [-0.39, 0.29) is 17.6 Å². The fraction of sp³-hybridized carbons (Fsp3) is 0.333. The van der Waals surface area contributed by atoms with Crippen LogP contribution in [0, 0.1) is 6.92 Å². The van der Waals surface area contributed by atoms with Crippen LogP contribution in [0.4, 0.5) is 5.69 Å². The second-order valence-electron chi connectivity index (χ2n) is 8.01. The fourth-order valence-corrected chi connectivity index (χ4v) is 6.01. The van der Waals surface area contributed by atoms with Gasteiger partial charge in [-0.05, 0) is 38.3 Å². The number of thiazole rings is 1. The van der Waals surface area contributed by atoms with Gasteiger partial charge in [0, 0.05) is 35.6 Å². The number of hydrogen-bond acceptors (Lipinski definition) is 5. The predicted molar refractivity (Wildman–Crippen MR) is 130 cm³/mol. The average molecular weight is 470 g/mol. The summed E-state index contributed by atoms with van der Waals surface area (Å²) in [6.07, 6.45) is 1.45. The normalized spacial score (nSPS) is 15.6. The Balaban J connectivity index is 1.45. The highest BCUT2D eigenvalue weighted by Gasteiger charge is 2.29. The minimum Gasteiger partial charge on any atom is -0.320 e. The molecule has 2 aromatic carbocycles. The molecule has 4 rings (SSSR count). The molecular weight excluding hydrogens is 442 g/mol. The van der Waals surface area contributed by atoms with Crippen molar-refractivity contribution in [3.8, 4) is 11.1 Å². The number of benzene rings is 2. The van der Waals surface area contributed by atoms with Crippen molar-refractivity contribution in [1.29, 1.82) is 0 Å². The van der Waals surface area contributed by atoms with Crippen molar-refractivity contribution in [2.45, 2.75) is 32.6 Å². The van der Waals surface area contributed by atoms with Crippen LogP contribution in [-0.2, 0) is 10.0 Å². The molecule has 1 N–H and O–H groups in total. The third-order valence-corrected chi connectivity index (χ3v) is 8.74. The van der Waals surface area contributed by atoms with Crippen molar-refractivity contribution in [3.63, 3.8) is 0 Å². The zero-order valence-electron chi connectivity index (χ0n) is 18.2. The molecule has 8 heteroatoms. The topological polar surface area (TPSA) is 79.4 Å². The molecule has 1 aromatic heterocycles. The smallest absolute Gasteiger partial charge is 0.275 e. The van der Waals surface area contributed by atoms with Crippen LogP contribution < -0.4 is 5.32 Å². The number of nitrogens with zero attached hydrogens (tertiary/aromatic N) is 2. The number of aromatic nitrogens is 1. The Labute approximate surface area is 193 Å². The zero-order chi connectivity index (χ0) is 22.7. The number of nitrogens with one attached hydrogen (secondary N) is 1. The van der Waals surface area contributed by atoms with Gasteiger partial charge in [0.25, 0.3) is 5.91 Å². The van der Waals surface area contributed by atoms with Crippen molar-refractivity contribution in [3.05, 3.63) is 70.2 Å². The highest BCUT2D eigenvalue weighted by atomic mass is 32.2. The van der Waals surface area contributed by atoms with E-state index in [2.05, 4.69) is 22.4 Å². The van der Waals surface area contributed by atoms with Crippen LogP contribution in [0.3, 0.4) is 0 Å². The lowest BCUT2D eigenvalue weighted by molar-refractivity contribution is 0.102. The Hall–Kier alpha value is -2.55. The van der Waals surface area contributed by atoms with Crippen LogP contribution >= 0.6 is 11.3 Å². The largest absolute Gasteiger partial charge is 0.320 e. The van der Waals surface area contributed by atoms with Gasteiger partial charge in [-0.25, -0.2) is 17.7 Å². The van der Waals surface area contributed by atoms with Crippen molar-refractivity contribution in [2.75, 3.05) is 24.2 Å². The van der Waals surface area contributed by atoms with Gasteiger partial charge in [0.05, 0.1) is 10.8 Å². The molecule has 1 amide bonds. The number of rotatable bonds is 6. The first kappa shape index (κ1) is 22.6. The van der Waals surface area contributed by atoms with E-state index in [4.69, 9.17) is 0 Å². The van der Waals surface area contributed by atoms with Crippen LogP contribution in [0.15, 0.2) is 53.9 Å². The lowest BCUT2D eigenvalue weighted by Gasteiger charge is -2.29. The van der Waals surface area contributed by atoms with E-state index in [0.717, 1.165) is 34.7 Å². The molecule has 0 atom stereocenters. The number of para-hydroxylation sites is 1. The standard InChI is InChI=1S/C24H27N3O3S2/c1-3-32(29,30)27-14-12-19(13-15-27)24-26-22(16-31-24)23(28)25-21-7-5-4-6-20(21)18-10-8-17(2)9-11-18/h4-11,16,19H,3,12-15H2,1-2H3,(H,25,28). The third-order valence-electron chi connectivity index (χ3n) is 5.85. The lowest BCUT2D eigenvalue weighted by atomic mass is 9.99. The molecule has 1 aliphatic rings. The highest BCUT2D eigenvalue weighted by Crippen LogP contribution is 2.32. The molecule has 1 saturated heterocycles. The molecule has 0 spiro atoms. The minimum atomic E-state index is -3.15. The molecule has 168 valence electrons. The van der Waals surface area contributed by atoms with E-state index in [1.54, 1.807) is 16.6 Å². The van der Waals surface area contributed by atoms with Crippen molar-refractivity contribution < 1.29 is 13.2 Å². The molecule has 32 heavy (non-hydrogen) atoms. The van der Waals surface area contributed by atoms with Gasteiger partial charge < -0.3 is 5.32 Å². The number of sulfonamides is 1. The molecule has 0 bridgehead atoms. The quantitative estimate of drug-likeness (QED) is 0.557. The molecule has 0 unspecified atom stereocenters. The monoisotopic (exact) mass is 469 g/mol. The van der Waals surface area contributed by atoms with Crippen LogP contribution in [-0.4, -0.2) is 42.5 Å². The Morgan fingerprint density at radius 2 is 1.81 bits per heavy atom. The maximum atomic E-state index is 12.9. The van der Waals surface area contributed by atoms with E-state index in [1.165, 1.54) is 16.9 Å². The molecular formula is C24H27N3O3S2. The molecule has 1 aliphatic heterocycles. The maximum absolute atomic E-state index is 12.9. The zero-order valence-corrected chi connectivity index (χ0v) is 19.9. The van der Waals surface area contributed by atoms with E-state index >= 15 is 0 Å². The van der Waals surface area contributed by atoms with E-state index in [0.29, 0.717) is 18.8 Å². The first-order chi connectivity index (χ1) is 15.4. The van der Waals surface area contributed by atoms with Crippen LogP contribution in [0.2, 0.25) is 0 Å². The van der Waals surface area contributed by atoms with Crippen molar-refractivity contribution in [2.24, 2.45) is 0 Å². The summed E-state index contributed by atoms with van der Waals surface area (Å²) in [5.41, 5.74) is 4.32. The maximum Gasteiger partial charge on any atom is 0.275 e. The molecule has 2 heterocycles. The van der Waals surface area contributed by atoms with Crippen LogP contribution in [0.5, 0.6) is 0 Å². The first-order valence-electron chi connectivity index (χ1n) is 10.8. The van der Waals surface area contributed by atoms with Gasteiger partial charge in [0.2, 0.25) is 10.0 Å². The van der Waals surface area contributed by atoms with Crippen LogP contribution in [0.1, 0.15) is 46.7 Å². The second kappa shape index (κ2) is 9.52. The molecule has 1 fully saturated rings. The van der Waals surface area contributed by atoms with Crippen LogP contribution in [0.25, 0.3) is 11.1 Å². The number of carbonyl (C=O) groups is 1. The SMILES string of the molecule is CCS(=O)(=O)N1CCC(c2nc(C(=O)Nc3ccccc3-c3ccc(C)cc3)cs2)CC1.